The van der Waals surface area contributed by atoms with Crippen LogP contribution in [0.15, 0.2) is 22.8 Å². The van der Waals surface area contributed by atoms with E-state index >= 15 is 0 Å². The second kappa shape index (κ2) is 3.44. The van der Waals surface area contributed by atoms with Crippen molar-refractivity contribution < 1.29 is 4.79 Å². The minimum atomic E-state index is 0.190. The van der Waals surface area contributed by atoms with Gasteiger partial charge in [-0.1, -0.05) is 23.8 Å². The molecule has 0 N–H and O–H groups in total. The average molecular weight is 185 g/mol. The van der Waals surface area contributed by atoms with Crippen molar-refractivity contribution in [1.82, 2.24) is 0 Å². The summed E-state index contributed by atoms with van der Waals surface area (Å²) < 4.78 is 0. The van der Waals surface area contributed by atoms with Gasteiger partial charge < -0.3 is 0 Å². The summed E-state index contributed by atoms with van der Waals surface area (Å²) in [4.78, 5) is 11.3. The van der Waals surface area contributed by atoms with Crippen LogP contribution in [0.3, 0.4) is 0 Å². The molecule has 2 heteroatoms. The molecule has 0 amide bonds. The maximum Gasteiger partial charge on any atom is 0.160 e. The van der Waals surface area contributed by atoms with Gasteiger partial charge in [-0.2, -0.15) is 0 Å². The van der Waals surface area contributed by atoms with E-state index in [2.05, 4.69) is 6.58 Å². The smallest absolute Gasteiger partial charge is 0.160 e. The van der Waals surface area contributed by atoms with Crippen LogP contribution in [0.2, 0.25) is 0 Å². The van der Waals surface area contributed by atoms with E-state index in [4.69, 9.17) is 11.6 Å². The second-order valence-corrected chi connectivity index (χ2v) is 3.95. The Morgan fingerprint density at radius 1 is 1.50 bits per heavy atom. The molecule has 0 saturated heterocycles. The van der Waals surface area contributed by atoms with E-state index in [9.17, 15) is 4.79 Å². The topological polar surface area (TPSA) is 17.1 Å². The minimum Gasteiger partial charge on any atom is -0.294 e. The van der Waals surface area contributed by atoms with Gasteiger partial charge >= 0.3 is 0 Å². The molecule has 0 unspecified atom stereocenters. The Morgan fingerprint density at radius 3 is 2.33 bits per heavy atom. The molecule has 1 rings (SSSR count). The molecule has 0 heterocycles. The Labute approximate surface area is 78.1 Å². The van der Waals surface area contributed by atoms with E-state index in [1.165, 1.54) is 0 Å². The first-order chi connectivity index (χ1) is 5.52. The molecule has 1 aliphatic rings. The molecule has 1 nitrogen and oxygen atoms in total. The van der Waals surface area contributed by atoms with Crippen LogP contribution >= 0.6 is 11.6 Å². The van der Waals surface area contributed by atoms with E-state index in [1.807, 2.05) is 6.92 Å². The highest BCUT2D eigenvalue weighted by Gasteiger charge is 2.28. The molecule has 1 aliphatic carbocycles. The zero-order chi connectivity index (χ0) is 9.30. The highest BCUT2D eigenvalue weighted by Crippen LogP contribution is 2.34. The molecule has 1 fully saturated rings. The highest BCUT2D eigenvalue weighted by molar-refractivity contribution is 6.31. The quantitative estimate of drug-likeness (QED) is 0.452. The van der Waals surface area contributed by atoms with Crippen molar-refractivity contribution >= 4 is 17.4 Å². The van der Waals surface area contributed by atoms with Crippen LogP contribution in [0.1, 0.15) is 26.7 Å². The van der Waals surface area contributed by atoms with Gasteiger partial charge in [0, 0.05) is 17.0 Å². The summed E-state index contributed by atoms with van der Waals surface area (Å²) in [6.07, 6.45) is 1.37. The number of carbonyl (C=O) groups is 1. The van der Waals surface area contributed by atoms with Gasteiger partial charge in [0.15, 0.2) is 5.78 Å². The molecule has 1 saturated carbocycles. The third kappa shape index (κ3) is 1.78. The molecule has 12 heavy (non-hydrogen) atoms. The van der Waals surface area contributed by atoms with Crippen molar-refractivity contribution in [2.75, 3.05) is 0 Å². The maximum atomic E-state index is 11.3. The molecule has 1 atom stereocenters. The Hall–Kier alpha value is -0.560. The van der Waals surface area contributed by atoms with E-state index < -0.39 is 0 Å². The van der Waals surface area contributed by atoms with Gasteiger partial charge in [-0.05, 0) is 26.2 Å². The SMILES string of the molecule is C=C(C)[C@H]1CC(=O)/C(=C(/C)Cl)C1. The van der Waals surface area contributed by atoms with Gasteiger partial charge in [-0.3, -0.25) is 4.79 Å². The number of rotatable bonds is 1. The summed E-state index contributed by atoms with van der Waals surface area (Å²) in [5, 5.41) is 0.642. The van der Waals surface area contributed by atoms with Crippen LogP contribution in [0.4, 0.5) is 0 Å². The van der Waals surface area contributed by atoms with Gasteiger partial charge in [0.1, 0.15) is 0 Å². The van der Waals surface area contributed by atoms with Gasteiger partial charge in [-0.25, -0.2) is 0 Å². The molecule has 0 aromatic rings. The van der Waals surface area contributed by atoms with E-state index in [0.717, 1.165) is 17.6 Å². The number of hydrogen-bond donors (Lipinski definition) is 0. The van der Waals surface area contributed by atoms with E-state index in [0.29, 0.717) is 17.4 Å². The molecule has 0 aromatic heterocycles. The average Bonchev–Trinajstić information content (AvgIpc) is 2.30. The van der Waals surface area contributed by atoms with Crippen molar-refractivity contribution in [3.8, 4) is 0 Å². The summed E-state index contributed by atoms with van der Waals surface area (Å²) in [7, 11) is 0. The van der Waals surface area contributed by atoms with Crippen molar-refractivity contribution in [3.63, 3.8) is 0 Å². The summed E-state index contributed by atoms with van der Waals surface area (Å²) in [5.41, 5.74) is 1.88. The van der Waals surface area contributed by atoms with Crippen molar-refractivity contribution in [1.29, 1.82) is 0 Å². The predicted octanol–water partition coefficient (Wildman–Crippen LogP) is 3.05. The van der Waals surface area contributed by atoms with Crippen LogP contribution in [-0.4, -0.2) is 5.78 Å². The number of ketones is 1. The summed E-state index contributed by atoms with van der Waals surface area (Å²) >= 11 is 5.78. The fourth-order valence-corrected chi connectivity index (χ4v) is 1.64. The summed E-state index contributed by atoms with van der Waals surface area (Å²) in [6, 6.07) is 0. The monoisotopic (exact) mass is 184 g/mol. The third-order valence-corrected chi connectivity index (χ3v) is 2.56. The first-order valence-corrected chi connectivity index (χ1v) is 4.44. The Balaban J connectivity index is 2.83. The normalized spacial score (nSPS) is 27.6. The van der Waals surface area contributed by atoms with E-state index in [-0.39, 0.29) is 5.78 Å². The van der Waals surface area contributed by atoms with Crippen molar-refractivity contribution in [3.05, 3.63) is 22.8 Å². The first-order valence-electron chi connectivity index (χ1n) is 4.06. The molecule has 0 aromatic carbocycles. The third-order valence-electron chi connectivity index (χ3n) is 2.33. The van der Waals surface area contributed by atoms with Gasteiger partial charge in [0.25, 0.3) is 0 Å². The number of allylic oxidation sites excluding steroid dienone is 3. The molecule has 0 aliphatic heterocycles. The molecule has 0 spiro atoms. The van der Waals surface area contributed by atoms with Crippen LogP contribution in [0.5, 0.6) is 0 Å². The Kier molecular flexibility index (Phi) is 2.73. The van der Waals surface area contributed by atoms with Crippen LogP contribution < -0.4 is 0 Å². The largest absolute Gasteiger partial charge is 0.294 e. The molecular weight excluding hydrogens is 172 g/mol. The van der Waals surface area contributed by atoms with Crippen molar-refractivity contribution in [2.24, 2.45) is 5.92 Å². The number of halogens is 1. The number of hydrogen-bond acceptors (Lipinski definition) is 1. The Bertz CT molecular complexity index is 259. The van der Waals surface area contributed by atoms with Crippen LogP contribution in [-0.2, 0) is 4.79 Å². The van der Waals surface area contributed by atoms with Gasteiger partial charge in [0.05, 0.1) is 0 Å². The standard InChI is InChI=1S/C10H13ClO/c1-6(2)8-4-9(7(3)11)10(12)5-8/h8H,1,4-5H2,2-3H3/b9-7-/t8-/m1/s1. The maximum absolute atomic E-state index is 11.3. The zero-order valence-corrected chi connectivity index (χ0v) is 8.24. The molecule has 0 radical (unpaired) electrons. The van der Waals surface area contributed by atoms with Crippen LogP contribution in [0.25, 0.3) is 0 Å². The zero-order valence-electron chi connectivity index (χ0n) is 7.48. The number of Topliss-reactive ketones (excluding diaryl/α,β-unsaturated/α-hetero) is 1. The number of carbonyl (C=O) groups excluding carboxylic acids is 1. The fourth-order valence-electron chi connectivity index (χ4n) is 1.46. The predicted molar refractivity (Wildman–Crippen MR) is 51.1 cm³/mol. The Morgan fingerprint density at radius 2 is 2.08 bits per heavy atom. The van der Waals surface area contributed by atoms with Crippen LogP contribution in [0, 0.1) is 5.92 Å². The fraction of sp³-hybridized carbons (Fsp3) is 0.500. The van der Waals surface area contributed by atoms with Gasteiger partial charge in [0.2, 0.25) is 0 Å². The highest BCUT2D eigenvalue weighted by atomic mass is 35.5. The lowest BCUT2D eigenvalue weighted by molar-refractivity contribution is -0.114. The summed E-state index contributed by atoms with van der Waals surface area (Å²) in [5.74, 6) is 0.511. The van der Waals surface area contributed by atoms with Crippen molar-refractivity contribution in [2.45, 2.75) is 26.7 Å². The molecule has 0 bridgehead atoms. The van der Waals surface area contributed by atoms with Gasteiger partial charge in [-0.15, -0.1) is 0 Å². The minimum absolute atomic E-state index is 0.190. The second-order valence-electron chi connectivity index (χ2n) is 3.39. The lowest BCUT2D eigenvalue weighted by Gasteiger charge is -2.04. The molecular formula is C10H13ClO. The summed E-state index contributed by atoms with van der Waals surface area (Å²) in [6.45, 7) is 7.58. The first kappa shape index (κ1) is 9.53. The lowest BCUT2D eigenvalue weighted by atomic mass is 10.0. The van der Waals surface area contributed by atoms with E-state index in [1.54, 1.807) is 6.92 Å². The lowest BCUT2D eigenvalue weighted by Crippen LogP contribution is -1.95. The molecule has 66 valence electrons.